The van der Waals surface area contributed by atoms with E-state index in [2.05, 4.69) is 4.72 Å². The SMILES string of the molecule is CN(C)c1cccc2c(S(=O)(=O)Nc3cccc(B(O)O)c3)cc(CCCCCCc3c(O)c(O)cc4oc(=O)cc(C(F)(F)F)c34)cc12. The zero-order chi connectivity index (χ0) is 35.7. The number of benzene rings is 4. The van der Waals surface area contributed by atoms with Gasteiger partial charge in [0, 0.05) is 59.3 Å². The molecular weight excluding hydrogens is 664 g/mol. The Kier molecular flexibility index (Phi) is 10.2. The molecule has 258 valence electrons. The van der Waals surface area contributed by atoms with E-state index in [1.807, 2.05) is 31.1 Å². The number of phenols is 2. The Balaban J connectivity index is 1.36. The lowest BCUT2D eigenvalue weighted by Crippen LogP contribution is -2.30. The van der Waals surface area contributed by atoms with Crippen LogP contribution in [0.4, 0.5) is 24.5 Å². The molecule has 5 N–H and O–H groups in total. The van der Waals surface area contributed by atoms with Crippen molar-refractivity contribution in [1.29, 1.82) is 0 Å². The summed E-state index contributed by atoms with van der Waals surface area (Å²) in [5.74, 6) is -1.40. The average molecular weight is 699 g/mol. The van der Waals surface area contributed by atoms with Gasteiger partial charge in [0.1, 0.15) is 5.58 Å². The molecule has 0 fully saturated rings. The molecule has 1 aromatic heterocycles. The zero-order valence-corrected chi connectivity index (χ0v) is 27.4. The molecule has 0 saturated heterocycles. The molecule has 15 heteroatoms. The number of aryl methyl sites for hydroxylation is 2. The molecule has 49 heavy (non-hydrogen) atoms. The fourth-order valence-corrected chi connectivity index (χ4v) is 7.29. The lowest BCUT2D eigenvalue weighted by Gasteiger charge is -2.19. The van der Waals surface area contributed by atoms with Crippen molar-refractivity contribution >= 4 is 55.7 Å². The second kappa shape index (κ2) is 14.0. The molecule has 0 aliphatic carbocycles. The van der Waals surface area contributed by atoms with E-state index in [0.29, 0.717) is 48.9 Å². The molecule has 0 aliphatic heterocycles. The van der Waals surface area contributed by atoms with Crippen LogP contribution >= 0.6 is 0 Å². The second-order valence-electron chi connectivity index (χ2n) is 12.0. The van der Waals surface area contributed by atoms with Crippen LogP contribution in [-0.2, 0) is 29.0 Å². The van der Waals surface area contributed by atoms with Crippen LogP contribution in [0.2, 0.25) is 0 Å². The third-order valence-corrected chi connectivity index (χ3v) is 9.66. The Labute approximate surface area is 280 Å². The van der Waals surface area contributed by atoms with Gasteiger partial charge in [0.15, 0.2) is 11.5 Å². The van der Waals surface area contributed by atoms with Crippen molar-refractivity contribution in [2.45, 2.75) is 49.6 Å². The van der Waals surface area contributed by atoms with Gasteiger partial charge in [-0.3, -0.25) is 4.72 Å². The standard InChI is InChI=1S/C34H34BF3N2O8S/c1-40(2)27-14-8-13-23-25(27)15-20(16-30(23)49(46,47)39-22-11-7-10-21(17-22)35(44)45)9-5-3-4-6-12-24-32-26(34(36,37)38)18-31(42)48-29(32)19-28(41)33(24)43/h7-8,10-11,13-19,39,41,43-45H,3-6,9,12H2,1-2H3. The van der Waals surface area contributed by atoms with Crippen molar-refractivity contribution in [2.75, 3.05) is 23.7 Å². The number of aromatic hydroxyl groups is 2. The predicted molar refractivity (Wildman–Crippen MR) is 182 cm³/mol. The molecule has 0 unspecified atom stereocenters. The summed E-state index contributed by atoms with van der Waals surface area (Å²) in [6.45, 7) is 0. The molecule has 10 nitrogen and oxygen atoms in total. The van der Waals surface area contributed by atoms with Crippen LogP contribution in [0.1, 0.15) is 42.4 Å². The van der Waals surface area contributed by atoms with Crippen LogP contribution in [0.3, 0.4) is 0 Å². The van der Waals surface area contributed by atoms with Gasteiger partial charge < -0.3 is 29.6 Å². The van der Waals surface area contributed by atoms with Gasteiger partial charge in [-0.25, -0.2) is 13.2 Å². The molecule has 0 atom stereocenters. The van der Waals surface area contributed by atoms with Crippen LogP contribution in [0.25, 0.3) is 21.7 Å². The maximum atomic E-state index is 13.8. The first-order valence-electron chi connectivity index (χ1n) is 15.4. The molecule has 0 saturated carbocycles. The van der Waals surface area contributed by atoms with Crippen LogP contribution in [0.5, 0.6) is 11.5 Å². The minimum absolute atomic E-state index is 0.0295. The van der Waals surface area contributed by atoms with Crippen molar-refractivity contribution in [3.8, 4) is 11.5 Å². The Morgan fingerprint density at radius 2 is 1.57 bits per heavy atom. The van der Waals surface area contributed by atoms with E-state index < -0.39 is 57.0 Å². The van der Waals surface area contributed by atoms with E-state index in [4.69, 9.17) is 4.42 Å². The van der Waals surface area contributed by atoms with Crippen LogP contribution in [-0.4, -0.2) is 49.9 Å². The number of halogens is 3. The van der Waals surface area contributed by atoms with E-state index in [-0.39, 0.29) is 28.0 Å². The highest BCUT2D eigenvalue weighted by atomic mass is 32.2. The summed E-state index contributed by atoms with van der Waals surface area (Å²) in [5.41, 5.74) is -1.31. The van der Waals surface area contributed by atoms with E-state index >= 15 is 0 Å². The highest BCUT2D eigenvalue weighted by Crippen LogP contribution is 2.42. The molecule has 0 bridgehead atoms. The largest absolute Gasteiger partial charge is 0.504 e. The number of nitrogens with zero attached hydrogens (tertiary/aromatic N) is 1. The average Bonchev–Trinajstić information content (AvgIpc) is 3.02. The van der Waals surface area contributed by atoms with Gasteiger partial charge in [0.05, 0.1) is 10.5 Å². The highest BCUT2D eigenvalue weighted by molar-refractivity contribution is 7.93. The molecule has 0 spiro atoms. The van der Waals surface area contributed by atoms with Gasteiger partial charge in [-0.2, -0.15) is 13.2 Å². The number of rotatable bonds is 12. The third-order valence-electron chi connectivity index (χ3n) is 8.24. The summed E-state index contributed by atoms with van der Waals surface area (Å²) in [5, 5.41) is 40.4. The Bertz CT molecular complexity index is 2190. The fourth-order valence-electron chi connectivity index (χ4n) is 5.96. The Hall–Kier alpha value is -4.73. The number of hydrogen-bond donors (Lipinski definition) is 5. The summed E-state index contributed by atoms with van der Waals surface area (Å²) in [4.78, 5) is 13.7. The van der Waals surface area contributed by atoms with Crippen LogP contribution in [0.15, 0.2) is 80.8 Å². The van der Waals surface area contributed by atoms with Crippen molar-refractivity contribution in [2.24, 2.45) is 0 Å². The molecule has 5 aromatic rings. The number of sulfonamides is 1. The van der Waals surface area contributed by atoms with Gasteiger partial charge in [-0.15, -0.1) is 0 Å². The monoisotopic (exact) mass is 698 g/mol. The molecule has 0 aliphatic rings. The van der Waals surface area contributed by atoms with Crippen molar-refractivity contribution in [3.05, 3.63) is 93.8 Å². The molecule has 0 radical (unpaired) electrons. The van der Waals surface area contributed by atoms with Gasteiger partial charge >= 0.3 is 18.9 Å². The van der Waals surface area contributed by atoms with Crippen molar-refractivity contribution < 1.29 is 46.3 Å². The number of unbranched alkanes of at least 4 members (excludes halogenated alkanes) is 3. The number of alkyl halides is 3. The third kappa shape index (κ3) is 7.79. The van der Waals surface area contributed by atoms with Gasteiger partial charge in [-0.1, -0.05) is 37.1 Å². The Morgan fingerprint density at radius 3 is 2.24 bits per heavy atom. The van der Waals surface area contributed by atoms with Crippen LogP contribution in [0, 0.1) is 0 Å². The maximum Gasteiger partial charge on any atom is 0.488 e. The number of hydrogen-bond acceptors (Lipinski definition) is 9. The van der Waals surface area contributed by atoms with Crippen molar-refractivity contribution in [3.63, 3.8) is 0 Å². The minimum atomic E-state index is -4.90. The number of anilines is 2. The van der Waals surface area contributed by atoms with E-state index in [1.54, 1.807) is 18.2 Å². The Morgan fingerprint density at radius 1 is 0.878 bits per heavy atom. The molecule has 0 amide bonds. The molecule has 1 heterocycles. The van der Waals surface area contributed by atoms with Gasteiger partial charge in [0.2, 0.25) is 0 Å². The second-order valence-corrected chi connectivity index (χ2v) is 13.6. The summed E-state index contributed by atoms with van der Waals surface area (Å²) >= 11 is 0. The smallest absolute Gasteiger partial charge is 0.488 e. The van der Waals surface area contributed by atoms with Crippen LogP contribution < -0.4 is 20.7 Å². The summed E-state index contributed by atoms with van der Waals surface area (Å²) in [6.07, 6.45) is -2.35. The molecular formula is C34H34BF3N2O8S. The molecule has 5 rings (SSSR count). The molecule has 4 aromatic carbocycles. The fraction of sp³-hybridized carbons (Fsp3) is 0.265. The number of fused-ring (bicyclic) bond motifs is 2. The zero-order valence-electron chi connectivity index (χ0n) is 26.6. The first-order valence-corrected chi connectivity index (χ1v) is 16.9. The summed E-state index contributed by atoms with van der Waals surface area (Å²) < 4.78 is 76.3. The number of nitrogens with one attached hydrogen (secondary N) is 1. The summed E-state index contributed by atoms with van der Waals surface area (Å²) in [6, 6.07) is 15.8. The first-order chi connectivity index (χ1) is 23.1. The summed E-state index contributed by atoms with van der Waals surface area (Å²) in [7, 11) is -2.23. The quantitative estimate of drug-likeness (QED) is 0.0507. The maximum absolute atomic E-state index is 13.8. The van der Waals surface area contributed by atoms with E-state index in [1.165, 1.54) is 24.3 Å². The van der Waals surface area contributed by atoms with Gasteiger partial charge in [0.25, 0.3) is 10.0 Å². The van der Waals surface area contributed by atoms with E-state index in [0.717, 1.165) is 17.3 Å². The minimum Gasteiger partial charge on any atom is -0.504 e. The lowest BCUT2D eigenvalue weighted by atomic mass is 9.80. The topological polar surface area (TPSA) is 161 Å². The highest BCUT2D eigenvalue weighted by Gasteiger charge is 2.36. The first kappa shape index (κ1) is 35.6. The van der Waals surface area contributed by atoms with E-state index in [9.17, 15) is 46.6 Å². The van der Waals surface area contributed by atoms with Crippen molar-refractivity contribution in [1.82, 2.24) is 0 Å². The normalized spacial score (nSPS) is 12.1. The lowest BCUT2D eigenvalue weighted by molar-refractivity contribution is -0.136. The number of phenolic OH excluding ortho intramolecular Hbond substituents is 2. The van der Waals surface area contributed by atoms with Gasteiger partial charge in [-0.05, 0) is 67.0 Å². The predicted octanol–water partition coefficient (Wildman–Crippen LogP) is 5.27.